The standard InChI is InChI=1S/C17H18N2O3/c1-12(16-8-3-4-9-18-16)19-17(21)11-22-15-7-5-6-14(10-15)13(2)20/h3-10,12H,11H2,1-2H3,(H,19,21). The second-order valence-corrected chi connectivity index (χ2v) is 4.92. The number of carbonyl (C=O) groups is 2. The second-order valence-electron chi connectivity index (χ2n) is 4.92. The molecule has 0 spiro atoms. The first-order chi connectivity index (χ1) is 10.6. The van der Waals surface area contributed by atoms with E-state index in [9.17, 15) is 9.59 Å². The molecule has 0 radical (unpaired) electrons. The number of pyridine rings is 1. The molecule has 2 rings (SSSR count). The predicted molar refractivity (Wildman–Crippen MR) is 82.7 cm³/mol. The van der Waals surface area contributed by atoms with Gasteiger partial charge in [0.15, 0.2) is 12.4 Å². The zero-order valence-electron chi connectivity index (χ0n) is 12.6. The predicted octanol–water partition coefficient (Wildman–Crippen LogP) is 2.54. The number of nitrogens with one attached hydrogen (secondary N) is 1. The third kappa shape index (κ3) is 4.41. The van der Waals surface area contributed by atoms with E-state index in [4.69, 9.17) is 4.74 Å². The van der Waals surface area contributed by atoms with Crippen LogP contribution < -0.4 is 10.1 Å². The fourth-order valence-corrected chi connectivity index (χ4v) is 1.94. The van der Waals surface area contributed by atoms with Crippen LogP contribution in [0.2, 0.25) is 0 Å². The largest absolute Gasteiger partial charge is 0.484 e. The maximum absolute atomic E-state index is 11.9. The number of hydrogen-bond donors (Lipinski definition) is 1. The summed E-state index contributed by atoms with van der Waals surface area (Å²) in [6, 6.07) is 12.1. The number of Topliss-reactive ketones (excluding diaryl/α,β-unsaturated/α-hetero) is 1. The molecule has 0 aliphatic carbocycles. The van der Waals surface area contributed by atoms with Gasteiger partial charge < -0.3 is 10.1 Å². The van der Waals surface area contributed by atoms with Crippen LogP contribution in [0.5, 0.6) is 5.75 Å². The number of hydrogen-bond acceptors (Lipinski definition) is 4. The highest BCUT2D eigenvalue weighted by Gasteiger charge is 2.11. The van der Waals surface area contributed by atoms with Crippen LogP contribution in [0.4, 0.5) is 0 Å². The van der Waals surface area contributed by atoms with E-state index in [1.54, 1.807) is 30.5 Å². The van der Waals surface area contributed by atoms with E-state index < -0.39 is 0 Å². The SMILES string of the molecule is CC(=O)c1cccc(OCC(=O)NC(C)c2ccccn2)c1. The first-order valence-electron chi connectivity index (χ1n) is 7.00. The van der Waals surface area contributed by atoms with E-state index in [2.05, 4.69) is 10.3 Å². The van der Waals surface area contributed by atoms with Gasteiger partial charge in [0.2, 0.25) is 0 Å². The lowest BCUT2D eigenvalue weighted by atomic mass is 10.1. The zero-order valence-corrected chi connectivity index (χ0v) is 12.6. The number of ether oxygens (including phenoxy) is 1. The molecular formula is C17H18N2O3. The van der Waals surface area contributed by atoms with E-state index in [0.717, 1.165) is 5.69 Å². The van der Waals surface area contributed by atoms with Gasteiger partial charge in [-0.05, 0) is 38.1 Å². The molecule has 0 fully saturated rings. The van der Waals surface area contributed by atoms with Crippen molar-refractivity contribution >= 4 is 11.7 Å². The van der Waals surface area contributed by atoms with E-state index in [-0.39, 0.29) is 24.3 Å². The Bertz CT molecular complexity index is 656. The Morgan fingerprint density at radius 1 is 1.23 bits per heavy atom. The summed E-state index contributed by atoms with van der Waals surface area (Å²) in [4.78, 5) is 27.4. The Hall–Kier alpha value is -2.69. The molecule has 0 aliphatic heterocycles. The number of ketones is 1. The fraction of sp³-hybridized carbons (Fsp3) is 0.235. The molecule has 22 heavy (non-hydrogen) atoms. The highest BCUT2D eigenvalue weighted by atomic mass is 16.5. The summed E-state index contributed by atoms with van der Waals surface area (Å²) in [7, 11) is 0. The first-order valence-corrected chi connectivity index (χ1v) is 7.00. The molecule has 0 bridgehead atoms. The van der Waals surface area contributed by atoms with E-state index in [1.165, 1.54) is 6.92 Å². The number of nitrogens with zero attached hydrogens (tertiary/aromatic N) is 1. The zero-order chi connectivity index (χ0) is 15.9. The lowest BCUT2D eigenvalue weighted by Crippen LogP contribution is -2.31. The molecule has 0 saturated heterocycles. The molecular weight excluding hydrogens is 280 g/mol. The van der Waals surface area contributed by atoms with Crippen molar-refractivity contribution in [2.24, 2.45) is 0 Å². The average molecular weight is 298 g/mol. The molecule has 5 nitrogen and oxygen atoms in total. The van der Waals surface area contributed by atoms with Crippen LogP contribution in [0.1, 0.15) is 35.9 Å². The fourth-order valence-electron chi connectivity index (χ4n) is 1.94. The molecule has 1 amide bonds. The highest BCUT2D eigenvalue weighted by molar-refractivity contribution is 5.94. The van der Waals surface area contributed by atoms with Crippen molar-refractivity contribution in [2.45, 2.75) is 19.9 Å². The normalized spacial score (nSPS) is 11.5. The van der Waals surface area contributed by atoms with Gasteiger partial charge in [-0.1, -0.05) is 18.2 Å². The summed E-state index contributed by atoms with van der Waals surface area (Å²) >= 11 is 0. The van der Waals surface area contributed by atoms with Gasteiger partial charge >= 0.3 is 0 Å². The molecule has 1 N–H and O–H groups in total. The summed E-state index contributed by atoms with van der Waals surface area (Å²) in [5.74, 6) is 0.207. The summed E-state index contributed by atoms with van der Waals surface area (Å²) < 4.78 is 5.41. The molecule has 1 atom stereocenters. The van der Waals surface area contributed by atoms with Crippen LogP contribution in [0.25, 0.3) is 0 Å². The Labute approximate surface area is 129 Å². The third-order valence-corrected chi connectivity index (χ3v) is 3.12. The smallest absolute Gasteiger partial charge is 0.258 e. The van der Waals surface area contributed by atoms with Crippen LogP contribution >= 0.6 is 0 Å². The molecule has 1 unspecified atom stereocenters. The molecule has 2 aromatic rings. The van der Waals surface area contributed by atoms with Crippen molar-refractivity contribution in [3.05, 3.63) is 59.9 Å². The molecule has 1 heterocycles. The Balaban J connectivity index is 1.88. The number of amides is 1. The molecule has 1 aromatic carbocycles. The van der Waals surface area contributed by atoms with Crippen molar-refractivity contribution in [3.8, 4) is 5.75 Å². The summed E-state index contributed by atoms with van der Waals surface area (Å²) in [5, 5.41) is 2.81. The Kier molecular flexibility index (Phi) is 5.25. The number of carbonyl (C=O) groups excluding carboxylic acids is 2. The molecule has 0 aliphatic rings. The molecule has 5 heteroatoms. The van der Waals surface area contributed by atoms with E-state index >= 15 is 0 Å². The van der Waals surface area contributed by atoms with Gasteiger partial charge in [-0.25, -0.2) is 0 Å². The van der Waals surface area contributed by atoms with Crippen LogP contribution in [-0.4, -0.2) is 23.3 Å². The van der Waals surface area contributed by atoms with Crippen LogP contribution in [0.15, 0.2) is 48.7 Å². The minimum Gasteiger partial charge on any atom is -0.484 e. The van der Waals surface area contributed by atoms with E-state index in [0.29, 0.717) is 11.3 Å². The van der Waals surface area contributed by atoms with Gasteiger partial charge in [0, 0.05) is 11.8 Å². The average Bonchev–Trinajstić information content (AvgIpc) is 2.54. The summed E-state index contributed by atoms with van der Waals surface area (Å²) in [6.07, 6.45) is 1.68. The summed E-state index contributed by atoms with van der Waals surface area (Å²) in [6.45, 7) is 3.23. The van der Waals surface area contributed by atoms with Crippen molar-refractivity contribution in [1.29, 1.82) is 0 Å². The van der Waals surface area contributed by atoms with Crippen LogP contribution in [0.3, 0.4) is 0 Å². The minimum atomic E-state index is -0.244. The maximum atomic E-state index is 11.9. The Morgan fingerprint density at radius 2 is 2.05 bits per heavy atom. The lowest BCUT2D eigenvalue weighted by Gasteiger charge is -2.13. The Morgan fingerprint density at radius 3 is 2.73 bits per heavy atom. The van der Waals surface area contributed by atoms with Crippen molar-refractivity contribution in [1.82, 2.24) is 10.3 Å². The van der Waals surface area contributed by atoms with Crippen LogP contribution in [-0.2, 0) is 4.79 Å². The van der Waals surface area contributed by atoms with Gasteiger partial charge in [-0.15, -0.1) is 0 Å². The van der Waals surface area contributed by atoms with Crippen molar-refractivity contribution in [2.75, 3.05) is 6.61 Å². The monoisotopic (exact) mass is 298 g/mol. The quantitative estimate of drug-likeness (QED) is 0.832. The lowest BCUT2D eigenvalue weighted by molar-refractivity contribution is -0.123. The number of aromatic nitrogens is 1. The molecule has 0 saturated carbocycles. The van der Waals surface area contributed by atoms with Gasteiger partial charge in [0.05, 0.1) is 11.7 Å². The second kappa shape index (κ2) is 7.36. The maximum Gasteiger partial charge on any atom is 0.258 e. The van der Waals surface area contributed by atoms with Gasteiger partial charge in [-0.3, -0.25) is 14.6 Å². The van der Waals surface area contributed by atoms with Gasteiger partial charge in [0.1, 0.15) is 5.75 Å². The van der Waals surface area contributed by atoms with Crippen molar-refractivity contribution < 1.29 is 14.3 Å². The van der Waals surface area contributed by atoms with Crippen LogP contribution in [0, 0.1) is 0 Å². The van der Waals surface area contributed by atoms with Gasteiger partial charge in [-0.2, -0.15) is 0 Å². The molecule has 114 valence electrons. The third-order valence-electron chi connectivity index (χ3n) is 3.12. The highest BCUT2D eigenvalue weighted by Crippen LogP contribution is 2.14. The van der Waals surface area contributed by atoms with Crippen molar-refractivity contribution in [3.63, 3.8) is 0 Å². The number of benzene rings is 1. The number of rotatable bonds is 6. The molecule has 1 aromatic heterocycles. The van der Waals surface area contributed by atoms with E-state index in [1.807, 2.05) is 25.1 Å². The summed E-state index contributed by atoms with van der Waals surface area (Å²) in [5.41, 5.74) is 1.34. The topological polar surface area (TPSA) is 68.3 Å². The minimum absolute atomic E-state index is 0.0429. The first kappa shape index (κ1) is 15.7. The van der Waals surface area contributed by atoms with Gasteiger partial charge in [0.25, 0.3) is 5.91 Å².